The zero-order valence-electron chi connectivity index (χ0n) is 10.9. The zero-order valence-corrected chi connectivity index (χ0v) is 12.4. The van der Waals surface area contributed by atoms with Crippen molar-refractivity contribution in [3.63, 3.8) is 0 Å². The number of rotatable bonds is 3. The van der Waals surface area contributed by atoms with Crippen molar-refractivity contribution in [3.05, 3.63) is 53.1 Å². The lowest BCUT2D eigenvalue weighted by Gasteiger charge is -2.13. The molecule has 9 heteroatoms. The van der Waals surface area contributed by atoms with Crippen LogP contribution < -0.4 is 10.5 Å². The first-order valence-corrected chi connectivity index (χ1v) is 7.71. The Morgan fingerprint density at radius 3 is 2.18 bits per heavy atom. The average Bonchev–Trinajstić information content (AvgIpc) is 2.40. The van der Waals surface area contributed by atoms with Crippen LogP contribution in [-0.2, 0) is 16.2 Å². The van der Waals surface area contributed by atoms with Gasteiger partial charge in [0.15, 0.2) is 0 Å². The van der Waals surface area contributed by atoms with Crippen LogP contribution in [0.2, 0.25) is 5.02 Å². The monoisotopic (exact) mass is 350 g/mol. The molecule has 0 aromatic heterocycles. The van der Waals surface area contributed by atoms with Crippen molar-refractivity contribution < 1.29 is 21.6 Å². The highest BCUT2D eigenvalue weighted by atomic mass is 35.5. The van der Waals surface area contributed by atoms with Gasteiger partial charge in [-0.05, 0) is 42.5 Å². The highest BCUT2D eigenvalue weighted by molar-refractivity contribution is 7.92. The third-order valence-corrected chi connectivity index (χ3v) is 4.38. The van der Waals surface area contributed by atoms with Gasteiger partial charge in [-0.1, -0.05) is 11.6 Å². The fraction of sp³-hybridized carbons (Fsp3) is 0.0769. The molecule has 0 aliphatic carbocycles. The zero-order chi connectivity index (χ0) is 16.5. The number of benzene rings is 2. The molecule has 0 saturated carbocycles. The molecule has 0 atom stereocenters. The summed E-state index contributed by atoms with van der Waals surface area (Å²) in [5, 5.41) is 0.339. The van der Waals surface area contributed by atoms with Crippen molar-refractivity contribution in [2.75, 3.05) is 10.5 Å². The molecular weight excluding hydrogens is 341 g/mol. The second kappa shape index (κ2) is 5.69. The van der Waals surface area contributed by atoms with Crippen molar-refractivity contribution in [2.24, 2.45) is 0 Å². The second-order valence-corrected chi connectivity index (χ2v) is 6.48. The van der Waals surface area contributed by atoms with Crippen LogP contribution in [0.4, 0.5) is 24.5 Å². The van der Waals surface area contributed by atoms with Crippen LogP contribution in [0.25, 0.3) is 0 Å². The van der Waals surface area contributed by atoms with Crippen molar-refractivity contribution in [1.29, 1.82) is 0 Å². The van der Waals surface area contributed by atoms with Crippen molar-refractivity contribution >= 4 is 33.0 Å². The molecule has 0 spiro atoms. The maximum atomic E-state index is 12.8. The molecule has 0 heterocycles. The van der Waals surface area contributed by atoms with Gasteiger partial charge in [-0.15, -0.1) is 0 Å². The van der Waals surface area contributed by atoms with Gasteiger partial charge >= 0.3 is 6.18 Å². The Balaban J connectivity index is 2.36. The van der Waals surface area contributed by atoms with E-state index in [9.17, 15) is 21.6 Å². The lowest BCUT2D eigenvalue weighted by atomic mass is 10.1. The Kier molecular flexibility index (Phi) is 4.25. The number of anilines is 2. The maximum absolute atomic E-state index is 12.8. The van der Waals surface area contributed by atoms with E-state index in [1.54, 1.807) is 0 Å². The number of nitrogen functional groups attached to an aromatic ring is 1. The van der Waals surface area contributed by atoms with Gasteiger partial charge in [-0.3, -0.25) is 4.72 Å². The van der Waals surface area contributed by atoms with Gasteiger partial charge < -0.3 is 5.73 Å². The van der Waals surface area contributed by atoms with Gasteiger partial charge in [0.25, 0.3) is 10.0 Å². The number of nitrogens with two attached hydrogens (primary N) is 1. The molecule has 22 heavy (non-hydrogen) atoms. The van der Waals surface area contributed by atoms with E-state index in [1.807, 2.05) is 0 Å². The highest BCUT2D eigenvalue weighted by Gasteiger charge is 2.33. The standard InChI is InChI=1S/C13H10ClF3N2O2S/c14-8-1-4-10(5-2-8)22(20,21)19-9-3-6-12(18)11(7-9)13(15,16)17/h1-7,19H,18H2. The molecule has 0 amide bonds. The van der Waals surface area contributed by atoms with Crippen LogP contribution >= 0.6 is 11.6 Å². The molecule has 0 saturated heterocycles. The van der Waals surface area contributed by atoms with Crippen LogP contribution in [0.1, 0.15) is 5.56 Å². The van der Waals surface area contributed by atoms with E-state index >= 15 is 0 Å². The van der Waals surface area contributed by atoms with E-state index in [-0.39, 0.29) is 10.6 Å². The summed E-state index contributed by atoms with van der Waals surface area (Å²) in [5.41, 5.74) is 3.42. The SMILES string of the molecule is Nc1ccc(NS(=O)(=O)c2ccc(Cl)cc2)cc1C(F)(F)F. The summed E-state index contributed by atoms with van der Waals surface area (Å²) in [6.07, 6.45) is -4.67. The number of halogens is 4. The fourth-order valence-corrected chi connectivity index (χ4v) is 2.87. The van der Waals surface area contributed by atoms with Crippen molar-refractivity contribution in [3.8, 4) is 0 Å². The minimum Gasteiger partial charge on any atom is -0.398 e. The van der Waals surface area contributed by atoms with Crippen LogP contribution in [0.3, 0.4) is 0 Å². The molecule has 3 N–H and O–H groups in total. The molecule has 0 bridgehead atoms. The van der Waals surface area contributed by atoms with Crippen LogP contribution in [0, 0.1) is 0 Å². The van der Waals surface area contributed by atoms with Crippen LogP contribution in [-0.4, -0.2) is 8.42 Å². The number of nitrogens with one attached hydrogen (secondary N) is 1. The quantitative estimate of drug-likeness (QED) is 0.828. The Bertz CT molecular complexity index is 790. The lowest BCUT2D eigenvalue weighted by molar-refractivity contribution is -0.136. The van der Waals surface area contributed by atoms with E-state index in [0.29, 0.717) is 11.1 Å². The van der Waals surface area contributed by atoms with Gasteiger partial charge in [-0.2, -0.15) is 13.2 Å². The maximum Gasteiger partial charge on any atom is 0.418 e. The van der Waals surface area contributed by atoms with Gasteiger partial charge in [-0.25, -0.2) is 8.42 Å². The first-order valence-electron chi connectivity index (χ1n) is 5.85. The molecule has 2 rings (SSSR count). The third kappa shape index (κ3) is 3.63. The minimum atomic E-state index is -4.67. The molecule has 2 aromatic rings. The normalized spacial score (nSPS) is 12.2. The van der Waals surface area contributed by atoms with Crippen LogP contribution in [0.5, 0.6) is 0 Å². The second-order valence-electron chi connectivity index (χ2n) is 4.36. The highest BCUT2D eigenvalue weighted by Crippen LogP contribution is 2.35. The van der Waals surface area contributed by atoms with E-state index in [1.165, 1.54) is 24.3 Å². The molecule has 4 nitrogen and oxygen atoms in total. The predicted molar refractivity (Wildman–Crippen MR) is 78.1 cm³/mol. The molecule has 2 aromatic carbocycles. The predicted octanol–water partition coefficient (Wildman–Crippen LogP) is 3.74. The minimum absolute atomic E-state index is 0.123. The Hall–Kier alpha value is -1.93. The summed E-state index contributed by atoms with van der Waals surface area (Å²) in [5.74, 6) is 0. The number of sulfonamides is 1. The van der Waals surface area contributed by atoms with E-state index in [0.717, 1.165) is 12.1 Å². The smallest absolute Gasteiger partial charge is 0.398 e. The van der Waals surface area contributed by atoms with E-state index < -0.39 is 27.5 Å². The van der Waals surface area contributed by atoms with E-state index in [2.05, 4.69) is 4.72 Å². The molecule has 0 aliphatic heterocycles. The molecule has 118 valence electrons. The Morgan fingerprint density at radius 1 is 1.05 bits per heavy atom. The first kappa shape index (κ1) is 16.4. The number of hydrogen-bond acceptors (Lipinski definition) is 3. The number of hydrogen-bond donors (Lipinski definition) is 2. The Labute approximate surface area is 129 Å². The van der Waals surface area contributed by atoms with E-state index in [4.69, 9.17) is 17.3 Å². The topological polar surface area (TPSA) is 72.2 Å². The van der Waals surface area contributed by atoms with Gasteiger partial charge in [0.1, 0.15) is 0 Å². The summed E-state index contributed by atoms with van der Waals surface area (Å²) < 4.78 is 64.5. The third-order valence-electron chi connectivity index (χ3n) is 2.73. The molecular formula is C13H10ClF3N2O2S. The van der Waals surface area contributed by atoms with Gasteiger partial charge in [0, 0.05) is 16.4 Å². The Morgan fingerprint density at radius 2 is 1.64 bits per heavy atom. The average molecular weight is 351 g/mol. The summed E-state index contributed by atoms with van der Waals surface area (Å²) in [4.78, 5) is -0.123. The first-order chi connectivity index (χ1) is 10.1. The number of alkyl halides is 3. The summed E-state index contributed by atoms with van der Waals surface area (Å²) in [6.45, 7) is 0. The molecule has 0 aliphatic rings. The molecule has 0 fully saturated rings. The van der Waals surface area contributed by atoms with Crippen LogP contribution in [0.15, 0.2) is 47.4 Å². The fourth-order valence-electron chi connectivity index (χ4n) is 1.69. The lowest BCUT2D eigenvalue weighted by Crippen LogP contribution is -2.15. The molecule has 0 unspecified atom stereocenters. The van der Waals surface area contributed by atoms with Crippen molar-refractivity contribution in [2.45, 2.75) is 11.1 Å². The van der Waals surface area contributed by atoms with Gasteiger partial charge in [0.2, 0.25) is 0 Å². The van der Waals surface area contributed by atoms with Gasteiger partial charge in [0.05, 0.1) is 10.5 Å². The summed E-state index contributed by atoms with van der Waals surface area (Å²) in [7, 11) is -4.02. The van der Waals surface area contributed by atoms with Crippen molar-refractivity contribution in [1.82, 2.24) is 0 Å². The summed E-state index contributed by atoms with van der Waals surface area (Å²) in [6, 6.07) is 7.99. The largest absolute Gasteiger partial charge is 0.418 e. The molecule has 0 radical (unpaired) electrons. The summed E-state index contributed by atoms with van der Waals surface area (Å²) >= 11 is 5.66.